The highest BCUT2D eigenvalue weighted by molar-refractivity contribution is 5.63. The number of anilines is 2. The van der Waals surface area contributed by atoms with E-state index in [1.807, 2.05) is 19.1 Å². The molecule has 0 unspecified atom stereocenters. The lowest BCUT2D eigenvalue weighted by Crippen LogP contribution is -2.21. The Kier molecular flexibility index (Phi) is 5.70. The molecule has 6 nitrogen and oxygen atoms in total. The fourth-order valence-corrected chi connectivity index (χ4v) is 2.36. The molecule has 3 N–H and O–H groups in total. The summed E-state index contributed by atoms with van der Waals surface area (Å²) in [6.07, 6.45) is 3.40. The third kappa shape index (κ3) is 4.52. The van der Waals surface area contributed by atoms with E-state index in [1.165, 1.54) is 6.07 Å². The molecule has 7 heteroatoms. The molecule has 0 saturated heterocycles. The SMILES string of the molecule is C[C@H](CO)Nc1nc(NCc2ccccc2F)cc(-c2cccnc2)n1. The van der Waals surface area contributed by atoms with Gasteiger partial charge in [0.1, 0.15) is 11.6 Å². The van der Waals surface area contributed by atoms with E-state index in [2.05, 4.69) is 25.6 Å². The predicted octanol–water partition coefficient (Wildman–Crippen LogP) is 3.08. The zero-order valence-electron chi connectivity index (χ0n) is 14.4. The number of nitrogens with one attached hydrogen (secondary N) is 2. The fraction of sp³-hybridized carbons (Fsp3) is 0.211. The highest BCUT2D eigenvalue weighted by Crippen LogP contribution is 2.21. The topological polar surface area (TPSA) is 83.0 Å². The Morgan fingerprint density at radius 2 is 2.00 bits per heavy atom. The average molecular weight is 353 g/mol. The van der Waals surface area contributed by atoms with E-state index in [4.69, 9.17) is 0 Å². The minimum atomic E-state index is -0.270. The Hall–Kier alpha value is -3.06. The van der Waals surface area contributed by atoms with Gasteiger partial charge in [0.05, 0.1) is 12.3 Å². The van der Waals surface area contributed by atoms with E-state index in [-0.39, 0.29) is 18.5 Å². The first-order chi connectivity index (χ1) is 12.7. The molecule has 0 radical (unpaired) electrons. The minimum absolute atomic E-state index is 0.0432. The van der Waals surface area contributed by atoms with Crippen LogP contribution in [0.15, 0.2) is 54.9 Å². The van der Waals surface area contributed by atoms with E-state index in [0.717, 1.165) is 5.56 Å². The van der Waals surface area contributed by atoms with Crippen molar-refractivity contribution in [1.29, 1.82) is 0 Å². The smallest absolute Gasteiger partial charge is 0.225 e. The largest absolute Gasteiger partial charge is 0.394 e. The van der Waals surface area contributed by atoms with Crippen LogP contribution in [0.5, 0.6) is 0 Å². The first kappa shape index (κ1) is 17.8. The number of rotatable bonds is 7. The van der Waals surface area contributed by atoms with Crippen molar-refractivity contribution < 1.29 is 9.50 Å². The number of pyridine rings is 1. The first-order valence-electron chi connectivity index (χ1n) is 8.30. The van der Waals surface area contributed by atoms with Crippen LogP contribution in [0.25, 0.3) is 11.3 Å². The fourth-order valence-electron chi connectivity index (χ4n) is 2.36. The van der Waals surface area contributed by atoms with Gasteiger partial charge in [0, 0.05) is 42.2 Å². The highest BCUT2D eigenvalue weighted by atomic mass is 19.1. The summed E-state index contributed by atoms with van der Waals surface area (Å²) in [5.41, 5.74) is 2.06. The lowest BCUT2D eigenvalue weighted by molar-refractivity contribution is 0.281. The molecule has 2 heterocycles. The van der Waals surface area contributed by atoms with Gasteiger partial charge in [-0.1, -0.05) is 18.2 Å². The van der Waals surface area contributed by atoms with Crippen molar-refractivity contribution in [2.45, 2.75) is 19.5 Å². The maximum atomic E-state index is 13.8. The Morgan fingerprint density at radius 3 is 2.73 bits per heavy atom. The van der Waals surface area contributed by atoms with Gasteiger partial charge in [0.25, 0.3) is 0 Å². The molecule has 1 atom stereocenters. The molecule has 0 fully saturated rings. The Labute approximate surface area is 151 Å². The number of aliphatic hydroxyl groups is 1. The second kappa shape index (κ2) is 8.35. The van der Waals surface area contributed by atoms with Crippen molar-refractivity contribution in [3.63, 3.8) is 0 Å². The highest BCUT2D eigenvalue weighted by Gasteiger charge is 2.10. The van der Waals surface area contributed by atoms with Gasteiger partial charge in [-0.05, 0) is 25.1 Å². The summed E-state index contributed by atoms with van der Waals surface area (Å²) in [5, 5.41) is 15.4. The number of nitrogens with zero attached hydrogens (tertiary/aromatic N) is 3. The van der Waals surface area contributed by atoms with E-state index in [1.54, 1.807) is 36.7 Å². The molecular formula is C19H20FN5O. The van der Waals surface area contributed by atoms with Crippen molar-refractivity contribution in [3.8, 4) is 11.3 Å². The van der Waals surface area contributed by atoms with Crippen LogP contribution in [0.4, 0.5) is 16.2 Å². The van der Waals surface area contributed by atoms with E-state index in [0.29, 0.717) is 29.6 Å². The summed E-state index contributed by atoms with van der Waals surface area (Å²) in [7, 11) is 0. The summed E-state index contributed by atoms with van der Waals surface area (Å²) in [4.78, 5) is 13.0. The molecule has 1 aromatic carbocycles. The zero-order valence-corrected chi connectivity index (χ0v) is 14.4. The standard InChI is InChI=1S/C19H20FN5O/c1-13(12-26)23-19-24-17(15-6-4-8-21-10-15)9-18(25-19)22-11-14-5-2-3-7-16(14)20/h2-10,13,26H,11-12H2,1H3,(H2,22,23,24,25)/t13-/m1/s1. The third-order valence-electron chi connectivity index (χ3n) is 3.75. The summed E-state index contributed by atoms with van der Waals surface area (Å²) in [6.45, 7) is 2.08. The van der Waals surface area contributed by atoms with Gasteiger partial charge in [-0.3, -0.25) is 4.98 Å². The quantitative estimate of drug-likeness (QED) is 0.605. The van der Waals surface area contributed by atoms with Gasteiger partial charge >= 0.3 is 0 Å². The number of hydrogen-bond acceptors (Lipinski definition) is 6. The normalized spacial score (nSPS) is 11.8. The van der Waals surface area contributed by atoms with Crippen LogP contribution in [0, 0.1) is 5.82 Å². The summed E-state index contributed by atoms with van der Waals surface area (Å²) in [5.74, 6) is 0.660. The summed E-state index contributed by atoms with van der Waals surface area (Å²) < 4.78 is 13.8. The molecular weight excluding hydrogens is 333 g/mol. The maximum Gasteiger partial charge on any atom is 0.225 e. The van der Waals surface area contributed by atoms with E-state index in [9.17, 15) is 9.50 Å². The molecule has 0 aliphatic carbocycles. The zero-order chi connectivity index (χ0) is 18.4. The second-order valence-electron chi connectivity index (χ2n) is 5.88. The summed E-state index contributed by atoms with van der Waals surface area (Å²) in [6, 6.07) is 11.9. The molecule has 0 amide bonds. The lowest BCUT2D eigenvalue weighted by atomic mass is 10.2. The lowest BCUT2D eigenvalue weighted by Gasteiger charge is -2.14. The third-order valence-corrected chi connectivity index (χ3v) is 3.75. The van der Waals surface area contributed by atoms with Crippen molar-refractivity contribution >= 4 is 11.8 Å². The molecule has 0 spiro atoms. The molecule has 2 aromatic heterocycles. The van der Waals surface area contributed by atoms with Gasteiger partial charge in [-0.25, -0.2) is 9.37 Å². The van der Waals surface area contributed by atoms with Crippen LogP contribution < -0.4 is 10.6 Å². The second-order valence-corrected chi connectivity index (χ2v) is 5.88. The minimum Gasteiger partial charge on any atom is -0.394 e. The van der Waals surface area contributed by atoms with Crippen LogP contribution in [0.1, 0.15) is 12.5 Å². The molecule has 3 rings (SSSR count). The average Bonchev–Trinajstić information content (AvgIpc) is 2.68. The molecule has 134 valence electrons. The van der Waals surface area contributed by atoms with Crippen molar-refractivity contribution in [2.75, 3.05) is 17.2 Å². The number of benzene rings is 1. The van der Waals surface area contributed by atoms with Crippen molar-refractivity contribution in [1.82, 2.24) is 15.0 Å². The van der Waals surface area contributed by atoms with Crippen LogP contribution in [0.2, 0.25) is 0 Å². The van der Waals surface area contributed by atoms with Crippen LogP contribution in [-0.4, -0.2) is 32.7 Å². The van der Waals surface area contributed by atoms with E-state index < -0.39 is 0 Å². The van der Waals surface area contributed by atoms with Gasteiger partial charge in [-0.2, -0.15) is 4.98 Å². The summed E-state index contributed by atoms with van der Waals surface area (Å²) >= 11 is 0. The first-order valence-corrected chi connectivity index (χ1v) is 8.30. The van der Waals surface area contributed by atoms with Gasteiger partial charge in [-0.15, -0.1) is 0 Å². The van der Waals surface area contributed by atoms with Gasteiger partial charge in [0.2, 0.25) is 5.95 Å². The van der Waals surface area contributed by atoms with E-state index >= 15 is 0 Å². The number of hydrogen-bond donors (Lipinski definition) is 3. The van der Waals surface area contributed by atoms with Gasteiger partial charge in [0.15, 0.2) is 0 Å². The number of aromatic nitrogens is 3. The Bertz CT molecular complexity index is 860. The van der Waals surface area contributed by atoms with Crippen LogP contribution >= 0.6 is 0 Å². The van der Waals surface area contributed by atoms with Crippen molar-refractivity contribution in [2.24, 2.45) is 0 Å². The van der Waals surface area contributed by atoms with Crippen molar-refractivity contribution in [3.05, 3.63) is 66.2 Å². The molecule has 3 aromatic rings. The monoisotopic (exact) mass is 353 g/mol. The number of aliphatic hydroxyl groups excluding tert-OH is 1. The molecule has 26 heavy (non-hydrogen) atoms. The Morgan fingerprint density at radius 1 is 1.15 bits per heavy atom. The predicted molar refractivity (Wildman–Crippen MR) is 99.2 cm³/mol. The van der Waals surface area contributed by atoms with Gasteiger partial charge < -0.3 is 15.7 Å². The molecule has 0 bridgehead atoms. The molecule has 0 aliphatic rings. The van der Waals surface area contributed by atoms with Crippen LogP contribution in [0.3, 0.4) is 0 Å². The van der Waals surface area contributed by atoms with Crippen LogP contribution in [-0.2, 0) is 6.54 Å². The molecule has 0 saturated carbocycles. The maximum absolute atomic E-state index is 13.8. The Balaban J connectivity index is 1.88. The number of halogens is 1. The molecule has 0 aliphatic heterocycles.